The van der Waals surface area contributed by atoms with E-state index in [1.807, 2.05) is 27.7 Å². The van der Waals surface area contributed by atoms with Gasteiger partial charge in [-0.2, -0.15) is 0 Å². The van der Waals surface area contributed by atoms with Crippen molar-refractivity contribution < 1.29 is 43.3 Å². The number of nitrogens with zero attached hydrogens (tertiary/aromatic N) is 1. The van der Waals surface area contributed by atoms with Crippen molar-refractivity contribution >= 4 is 25.9 Å². The fourth-order valence-corrected chi connectivity index (χ4v) is 6.69. The average Bonchev–Trinajstić information content (AvgIpc) is 3.11. The van der Waals surface area contributed by atoms with E-state index in [4.69, 9.17) is 23.8 Å². The molecule has 2 amide bonds. The normalized spacial score (nSPS) is 16.8. The predicted molar refractivity (Wildman–Crippen MR) is 164 cm³/mol. The van der Waals surface area contributed by atoms with E-state index < -0.39 is 48.8 Å². The number of carbonyl (C=O) groups is 3. The number of amides is 2. The van der Waals surface area contributed by atoms with Gasteiger partial charge in [-0.1, -0.05) is 33.9 Å². The lowest BCUT2D eigenvalue weighted by molar-refractivity contribution is -0.201. The Kier molecular flexibility index (Phi) is 13.4. The number of carbonyl (C=O) groups excluding carboxylic acids is 3. The molecule has 0 aromatic rings. The van der Waals surface area contributed by atoms with E-state index in [2.05, 4.69) is 47.7 Å². The summed E-state index contributed by atoms with van der Waals surface area (Å²) >= 11 is 0. The molecule has 1 aliphatic heterocycles. The van der Waals surface area contributed by atoms with Crippen molar-refractivity contribution in [3.63, 3.8) is 0 Å². The van der Waals surface area contributed by atoms with Crippen molar-refractivity contribution in [1.82, 2.24) is 5.06 Å². The number of aliphatic hydroxyl groups is 1. The topological polar surface area (TPSA) is 121 Å². The fourth-order valence-electron chi connectivity index (χ4n) is 4.42. The second-order valence-electron chi connectivity index (χ2n) is 15.3. The average molecular weight is 618 g/mol. The molecule has 0 saturated carbocycles. The summed E-state index contributed by atoms with van der Waals surface area (Å²) in [6.45, 7) is 28.3. The van der Waals surface area contributed by atoms with E-state index >= 15 is 0 Å². The molecule has 1 saturated heterocycles. The summed E-state index contributed by atoms with van der Waals surface area (Å²) in [5, 5.41) is 10.5. The minimum absolute atomic E-state index is 0.0443. The molecule has 246 valence electrons. The van der Waals surface area contributed by atoms with Crippen LogP contribution < -0.4 is 0 Å². The Bertz CT molecular complexity index is 906. The third kappa shape index (κ3) is 12.0. The Morgan fingerprint density at radius 2 is 1.31 bits per heavy atom. The van der Waals surface area contributed by atoms with Crippen molar-refractivity contribution in [2.24, 2.45) is 0 Å². The Balaban J connectivity index is 2.51. The minimum atomic E-state index is -1.72. The van der Waals surface area contributed by atoms with Crippen molar-refractivity contribution in [1.29, 1.82) is 0 Å². The summed E-state index contributed by atoms with van der Waals surface area (Å²) in [7, 11) is -1.72. The minimum Gasteiger partial charge on any atom is -0.394 e. The zero-order chi connectivity index (χ0) is 32.8. The van der Waals surface area contributed by atoms with E-state index in [1.54, 1.807) is 13.8 Å². The molecule has 1 atom stereocenters. The van der Waals surface area contributed by atoms with Crippen LogP contribution in [0.5, 0.6) is 0 Å². The van der Waals surface area contributed by atoms with Crippen molar-refractivity contribution in [2.45, 2.75) is 155 Å². The molecule has 0 radical (unpaired) electrons. The van der Waals surface area contributed by atoms with Gasteiger partial charge in [0.2, 0.25) is 0 Å². The van der Waals surface area contributed by atoms with Crippen LogP contribution in [0, 0.1) is 0 Å². The van der Waals surface area contributed by atoms with Gasteiger partial charge in [0, 0.05) is 19.4 Å². The van der Waals surface area contributed by atoms with Crippen LogP contribution in [0.15, 0.2) is 0 Å². The van der Waals surface area contributed by atoms with E-state index in [9.17, 15) is 19.5 Å². The first-order valence-electron chi connectivity index (χ1n) is 15.1. The van der Waals surface area contributed by atoms with E-state index in [0.717, 1.165) is 0 Å². The molecule has 0 bridgehead atoms. The highest BCUT2D eigenvalue weighted by molar-refractivity contribution is 6.82. The van der Waals surface area contributed by atoms with Gasteiger partial charge in [-0.25, -0.2) is 4.79 Å². The maximum Gasteiger partial charge on any atom is 0.336 e. The SMILES string of the molecule is CC(C)(CCOC(C)(C)[Si](C)(C)C(C)(C)C)OCC(CO)OC(C)(C)CCOC(C)(C)CC(=O)ON1C(=O)CCC1=O. The van der Waals surface area contributed by atoms with Crippen LogP contribution in [0.25, 0.3) is 0 Å². The molecule has 1 unspecified atom stereocenters. The molecular weight excluding hydrogens is 558 g/mol. The van der Waals surface area contributed by atoms with Crippen LogP contribution in [-0.2, 0) is 38.2 Å². The van der Waals surface area contributed by atoms with Crippen molar-refractivity contribution in [2.75, 3.05) is 26.4 Å². The van der Waals surface area contributed by atoms with Gasteiger partial charge in [-0.05, 0) is 73.3 Å². The van der Waals surface area contributed by atoms with Crippen molar-refractivity contribution in [3.8, 4) is 0 Å². The van der Waals surface area contributed by atoms with Crippen LogP contribution >= 0.6 is 0 Å². The quantitative estimate of drug-likeness (QED) is 0.160. The molecular formula is C31H59NO9Si. The third-order valence-electron chi connectivity index (χ3n) is 8.86. The lowest BCUT2D eigenvalue weighted by Gasteiger charge is -2.48. The smallest absolute Gasteiger partial charge is 0.336 e. The number of hydrogen-bond acceptors (Lipinski definition) is 9. The molecule has 1 aliphatic rings. The standard InChI is InChI=1S/C31H59NO9Si/c1-27(2,3)42(12,13)31(10,11)38-19-16-28(4,5)39-22-23(21-33)40-29(6,7)17-18-37-30(8,9)20-26(36)41-32-24(34)14-15-25(32)35/h23,33H,14-22H2,1-13H3. The van der Waals surface area contributed by atoms with Crippen LogP contribution in [0.2, 0.25) is 18.1 Å². The summed E-state index contributed by atoms with van der Waals surface area (Å²) in [6.07, 6.45) is 0.626. The molecule has 0 spiro atoms. The summed E-state index contributed by atoms with van der Waals surface area (Å²) in [4.78, 5) is 40.6. The monoisotopic (exact) mass is 617 g/mol. The van der Waals surface area contributed by atoms with E-state index in [0.29, 0.717) is 24.5 Å². The highest BCUT2D eigenvalue weighted by atomic mass is 28.3. The molecule has 10 nitrogen and oxygen atoms in total. The molecule has 0 aromatic heterocycles. The maximum atomic E-state index is 12.3. The zero-order valence-electron chi connectivity index (χ0n) is 28.6. The second kappa shape index (κ2) is 14.6. The number of hydroxylamine groups is 2. The molecule has 0 aromatic carbocycles. The highest BCUT2D eigenvalue weighted by Gasteiger charge is 2.48. The molecule has 1 heterocycles. The Labute approximate surface area is 255 Å². The summed E-state index contributed by atoms with van der Waals surface area (Å²) in [5.41, 5.74) is -1.98. The first-order valence-corrected chi connectivity index (χ1v) is 18.1. The first kappa shape index (κ1) is 38.7. The number of rotatable bonds is 18. The van der Waals surface area contributed by atoms with Crippen molar-refractivity contribution in [3.05, 3.63) is 0 Å². The molecule has 1 rings (SSSR count). The lowest BCUT2D eigenvalue weighted by Crippen LogP contribution is -2.58. The van der Waals surface area contributed by atoms with Gasteiger partial charge in [0.15, 0.2) is 0 Å². The van der Waals surface area contributed by atoms with Gasteiger partial charge in [0.05, 0.1) is 56.3 Å². The summed E-state index contributed by atoms with van der Waals surface area (Å²) in [6, 6.07) is 0. The summed E-state index contributed by atoms with van der Waals surface area (Å²) < 4.78 is 24.7. The third-order valence-corrected chi connectivity index (χ3v) is 15.8. The van der Waals surface area contributed by atoms with Crippen LogP contribution in [0.3, 0.4) is 0 Å². The maximum absolute atomic E-state index is 12.3. The number of ether oxygens (including phenoxy) is 4. The Morgan fingerprint density at radius 1 is 0.810 bits per heavy atom. The van der Waals surface area contributed by atoms with Gasteiger partial charge >= 0.3 is 5.97 Å². The molecule has 42 heavy (non-hydrogen) atoms. The number of aliphatic hydroxyl groups excluding tert-OH is 1. The molecule has 1 fully saturated rings. The van der Waals surface area contributed by atoms with E-state index in [-0.39, 0.29) is 49.3 Å². The largest absolute Gasteiger partial charge is 0.394 e. The summed E-state index contributed by atoms with van der Waals surface area (Å²) in [5.74, 6) is -1.75. The molecule has 11 heteroatoms. The van der Waals surface area contributed by atoms with Gasteiger partial charge in [-0.3, -0.25) is 9.59 Å². The lowest BCUT2D eigenvalue weighted by atomic mass is 10.0. The number of hydrogen-bond donors (Lipinski definition) is 1. The van der Waals surface area contributed by atoms with Crippen LogP contribution in [0.4, 0.5) is 0 Å². The highest BCUT2D eigenvalue weighted by Crippen LogP contribution is 2.44. The van der Waals surface area contributed by atoms with Crippen LogP contribution in [0.1, 0.15) is 108 Å². The Hall–Kier alpha value is -1.37. The number of imide groups is 1. The van der Waals surface area contributed by atoms with Gasteiger partial charge in [0.1, 0.15) is 6.10 Å². The van der Waals surface area contributed by atoms with E-state index in [1.165, 1.54) is 0 Å². The fraction of sp³-hybridized carbons (Fsp3) is 0.903. The molecule has 1 N–H and O–H groups in total. The molecule has 0 aliphatic carbocycles. The van der Waals surface area contributed by atoms with Gasteiger partial charge in [-0.15, -0.1) is 5.06 Å². The Morgan fingerprint density at radius 3 is 1.81 bits per heavy atom. The van der Waals surface area contributed by atoms with Crippen LogP contribution in [-0.4, -0.2) is 90.6 Å². The first-order chi connectivity index (χ1) is 18.8. The second-order valence-corrected chi connectivity index (χ2v) is 21.3. The van der Waals surface area contributed by atoms with Gasteiger partial charge < -0.3 is 28.9 Å². The zero-order valence-corrected chi connectivity index (χ0v) is 29.6. The van der Waals surface area contributed by atoms with Gasteiger partial charge in [0.25, 0.3) is 11.8 Å². The predicted octanol–water partition coefficient (Wildman–Crippen LogP) is 5.35.